The van der Waals surface area contributed by atoms with Crippen LogP contribution in [0.5, 0.6) is 5.75 Å². The van der Waals surface area contributed by atoms with Crippen molar-refractivity contribution >= 4 is 44.6 Å². The first-order chi connectivity index (χ1) is 19.9. The van der Waals surface area contributed by atoms with Gasteiger partial charge in [0.25, 0.3) is 5.91 Å². The largest absolute Gasteiger partial charge is 0.481 e. The van der Waals surface area contributed by atoms with E-state index < -0.39 is 10.8 Å². The molecule has 0 fully saturated rings. The molecule has 0 spiro atoms. The van der Waals surface area contributed by atoms with Gasteiger partial charge in [0.1, 0.15) is 6.61 Å². The van der Waals surface area contributed by atoms with E-state index in [0.29, 0.717) is 43.3 Å². The summed E-state index contributed by atoms with van der Waals surface area (Å²) in [5.41, 5.74) is 6.16. The lowest BCUT2D eigenvalue weighted by Crippen LogP contribution is -2.18. The molecule has 5 rings (SSSR count). The summed E-state index contributed by atoms with van der Waals surface area (Å²) in [5.74, 6) is -0.442. The lowest BCUT2D eigenvalue weighted by molar-refractivity contribution is -0.386. The fraction of sp³-hybridized carbons (Fsp3) is 0.0323. The number of nitro benzene ring substituents is 1. The highest BCUT2D eigenvalue weighted by Gasteiger charge is 2.21. The summed E-state index contributed by atoms with van der Waals surface area (Å²) in [4.78, 5) is 29.1. The van der Waals surface area contributed by atoms with Crippen LogP contribution in [-0.2, 0) is 6.61 Å². The van der Waals surface area contributed by atoms with Crippen molar-refractivity contribution in [2.75, 3.05) is 0 Å². The normalized spacial score (nSPS) is 10.8. The van der Waals surface area contributed by atoms with Crippen LogP contribution in [0.1, 0.15) is 27.0 Å². The number of para-hydroxylation sites is 1. The van der Waals surface area contributed by atoms with Crippen LogP contribution in [0.3, 0.4) is 0 Å². The number of rotatable bonds is 8. The third kappa shape index (κ3) is 6.11. The second-order valence-corrected chi connectivity index (χ2v) is 9.66. The maximum absolute atomic E-state index is 13.2. The van der Waals surface area contributed by atoms with Crippen LogP contribution in [0.25, 0.3) is 22.2 Å². The van der Waals surface area contributed by atoms with Gasteiger partial charge in [-0.3, -0.25) is 14.9 Å². The average Bonchev–Trinajstić information content (AvgIpc) is 3.00. The minimum atomic E-state index is -0.569. The molecule has 1 N–H and O–H groups in total. The minimum absolute atomic E-state index is 0.0145. The second-order valence-electron chi connectivity index (χ2n) is 8.80. The Labute approximate surface area is 243 Å². The summed E-state index contributed by atoms with van der Waals surface area (Å²) in [7, 11) is 0. The minimum Gasteiger partial charge on any atom is -0.481 e. The van der Waals surface area contributed by atoms with Gasteiger partial charge in [0.15, 0.2) is 0 Å². The van der Waals surface area contributed by atoms with Crippen molar-refractivity contribution in [2.24, 2.45) is 5.10 Å². The number of carbonyl (C=O) groups excluding carboxylic acids is 1. The number of nitrogens with one attached hydrogen (secondary N) is 1. The molecule has 0 aliphatic carbocycles. The zero-order chi connectivity index (χ0) is 28.8. The van der Waals surface area contributed by atoms with Gasteiger partial charge in [-0.15, -0.1) is 0 Å². The summed E-state index contributed by atoms with van der Waals surface area (Å²) in [5, 5.41) is 25.8. The number of benzene rings is 4. The molecule has 41 heavy (non-hydrogen) atoms. The van der Waals surface area contributed by atoms with Crippen molar-refractivity contribution in [3.05, 3.63) is 134 Å². The first-order valence-electron chi connectivity index (χ1n) is 12.3. The third-order valence-electron chi connectivity index (χ3n) is 6.16. The Hall–Kier alpha value is -5.40. The number of halogens is 1. The number of carbonyl (C=O) groups is 1. The Morgan fingerprint density at radius 1 is 1.05 bits per heavy atom. The van der Waals surface area contributed by atoms with Gasteiger partial charge in [0, 0.05) is 28.1 Å². The predicted molar refractivity (Wildman–Crippen MR) is 159 cm³/mol. The molecule has 0 radical (unpaired) electrons. The van der Waals surface area contributed by atoms with E-state index in [0.717, 1.165) is 5.56 Å². The maximum atomic E-state index is 13.2. The van der Waals surface area contributed by atoms with E-state index in [1.165, 1.54) is 12.3 Å². The summed E-state index contributed by atoms with van der Waals surface area (Å²) in [6.45, 7) is -0.0302. The van der Waals surface area contributed by atoms with E-state index >= 15 is 0 Å². The molecule has 10 heteroatoms. The van der Waals surface area contributed by atoms with Crippen molar-refractivity contribution in [1.29, 1.82) is 5.26 Å². The van der Waals surface area contributed by atoms with E-state index in [1.54, 1.807) is 36.4 Å². The van der Waals surface area contributed by atoms with Crippen molar-refractivity contribution < 1.29 is 14.5 Å². The van der Waals surface area contributed by atoms with Crippen LogP contribution < -0.4 is 10.2 Å². The Morgan fingerprint density at radius 2 is 1.78 bits per heavy atom. The molecule has 0 bridgehead atoms. The van der Waals surface area contributed by atoms with Crippen molar-refractivity contribution in [2.45, 2.75) is 6.61 Å². The van der Waals surface area contributed by atoms with Gasteiger partial charge < -0.3 is 4.74 Å². The quantitative estimate of drug-likeness (QED) is 0.118. The number of nitro groups is 1. The Balaban J connectivity index is 1.38. The highest BCUT2D eigenvalue weighted by atomic mass is 79.9. The van der Waals surface area contributed by atoms with E-state index in [9.17, 15) is 20.2 Å². The number of nitrogens with zero attached hydrogens (tertiary/aromatic N) is 4. The molecule has 1 heterocycles. The number of amides is 1. The maximum Gasteiger partial charge on any atom is 0.312 e. The smallest absolute Gasteiger partial charge is 0.312 e. The summed E-state index contributed by atoms with van der Waals surface area (Å²) in [6, 6.07) is 30.4. The Morgan fingerprint density at radius 3 is 2.56 bits per heavy atom. The lowest BCUT2D eigenvalue weighted by Gasteiger charge is -2.11. The van der Waals surface area contributed by atoms with Crippen LogP contribution in [-0.4, -0.2) is 22.0 Å². The fourth-order valence-corrected chi connectivity index (χ4v) is 4.79. The Kier molecular flexibility index (Phi) is 8.08. The van der Waals surface area contributed by atoms with Gasteiger partial charge in [-0.2, -0.15) is 10.4 Å². The molecule has 1 amide bonds. The molecule has 0 saturated carbocycles. The molecule has 4 aromatic carbocycles. The summed E-state index contributed by atoms with van der Waals surface area (Å²) >= 11 is 3.34. The number of hydrogen-bond donors (Lipinski definition) is 1. The third-order valence-corrected chi connectivity index (χ3v) is 6.75. The van der Waals surface area contributed by atoms with Crippen LogP contribution in [0.4, 0.5) is 5.69 Å². The number of nitriles is 1. The van der Waals surface area contributed by atoms with E-state index in [1.807, 2.05) is 54.6 Å². The standard InChI is InChI=1S/C31H20BrN5O4/c32-26-14-20(15-29(37(39)40)30(26)41-19-23-11-5-4-10-22(23)17-33)18-34-36-31(38)25-16-28(21-8-2-1-3-9-21)35-27-13-7-6-12-24(25)27/h1-16,18H,19H2,(H,36,38)/b34-18-. The topological polar surface area (TPSA) is 131 Å². The molecule has 200 valence electrons. The van der Waals surface area contributed by atoms with E-state index in [2.05, 4.69) is 37.5 Å². The van der Waals surface area contributed by atoms with Crippen molar-refractivity contribution in [1.82, 2.24) is 10.4 Å². The molecule has 0 atom stereocenters. The van der Waals surface area contributed by atoms with E-state index in [-0.39, 0.29) is 18.0 Å². The molecular formula is C31H20BrN5O4. The number of hydrazone groups is 1. The van der Waals surface area contributed by atoms with Gasteiger partial charge >= 0.3 is 5.69 Å². The van der Waals surface area contributed by atoms with Crippen molar-refractivity contribution in [3.8, 4) is 23.1 Å². The van der Waals surface area contributed by atoms with Crippen LogP contribution in [0, 0.1) is 21.4 Å². The van der Waals surface area contributed by atoms with Crippen molar-refractivity contribution in [3.63, 3.8) is 0 Å². The number of hydrogen-bond acceptors (Lipinski definition) is 7. The Bertz CT molecular complexity index is 1850. The molecule has 5 aromatic rings. The van der Waals surface area contributed by atoms with Crippen LogP contribution in [0.2, 0.25) is 0 Å². The van der Waals surface area contributed by atoms with Gasteiger partial charge in [-0.25, -0.2) is 10.4 Å². The van der Waals surface area contributed by atoms with Crippen LogP contribution >= 0.6 is 15.9 Å². The lowest BCUT2D eigenvalue weighted by atomic mass is 10.0. The molecule has 0 saturated heterocycles. The SMILES string of the molecule is N#Cc1ccccc1COc1c(Br)cc(/C=N\NC(=O)c2cc(-c3ccccc3)nc3ccccc23)cc1[N+](=O)[O-]. The zero-order valence-electron chi connectivity index (χ0n) is 21.3. The highest BCUT2D eigenvalue weighted by molar-refractivity contribution is 9.10. The average molecular weight is 606 g/mol. The molecule has 0 aliphatic heterocycles. The fourth-order valence-electron chi connectivity index (χ4n) is 4.20. The molecular weight excluding hydrogens is 586 g/mol. The number of ether oxygens (including phenoxy) is 1. The van der Waals surface area contributed by atoms with Gasteiger partial charge in [0.2, 0.25) is 5.75 Å². The first kappa shape index (κ1) is 27.2. The first-order valence-corrected chi connectivity index (χ1v) is 13.1. The highest BCUT2D eigenvalue weighted by Crippen LogP contribution is 2.37. The van der Waals surface area contributed by atoms with E-state index in [4.69, 9.17) is 4.74 Å². The number of aromatic nitrogens is 1. The van der Waals surface area contributed by atoms with Crippen LogP contribution in [0.15, 0.2) is 107 Å². The van der Waals surface area contributed by atoms with Gasteiger partial charge in [0.05, 0.1) is 44.0 Å². The number of fused-ring (bicyclic) bond motifs is 1. The summed E-state index contributed by atoms with van der Waals surface area (Å²) in [6.07, 6.45) is 1.31. The second kappa shape index (κ2) is 12.2. The predicted octanol–water partition coefficient (Wildman–Crippen LogP) is 6.79. The molecule has 0 aliphatic rings. The summed E-state index contributed by atoms with van der Waals surface area (Å²) < 4.78 is 6.06. The van der Waals surface area contributed by atoms with Gasteiger partial charge in [-0.1, -0.05) is 66.7 Å². The molecule has 1 aromatic heterocycles. The molecule has 0 unspecified atom stereocenters. The monoisotopic (exact) mass is 605 g/mol. The molecule has 9 nitrogen and oxygen atoms in total. The van der Waals surface area contributed by atoms with Gasteiger partial charge in [-0.05, 0) is 40.2 Å². The zero-order valence-corrected chi connectivity index (χ0v) is 22.9. The number of pyridine rings is 1.